The molecule has 56 valence electrons. The molecule has 3 N–H and O–H groups in total. The van der Waals surface area contributed by atoms with E-state index in [1.54, 1.807) is 6.08 Å². The molecule has 0 saturated carbocycles. The summed E-state index contributed by atoms with van der Waals surface area (Å²) in [7, 11) is 0. The summed E-state index contributed by atoms with van der Waals surface area (Å²) in [6.45, 7) is 5.62. The first-order chi connectivity index (χ1) is 4.85. The first-order valence-corrected chi connectivity index (χ1v) is 3.31. The highest BCUT2D eigenvalue weighted by Crippen LogP contribution is 1.91. The molecule has 0 aromatic carbocycles. The lowest BCUT2D eigenvalue weighted by molar-refractivity contribution is 0.914. The van der Waals surface area contributed by atoms with Crippen LogP contribution in [0.4, 0.5) is 0 Å². The maximum absolute atomic E-state index is 5.18. The smallest absolute Gasteiger partial charge is 0.0481 e. The van der Waals surface area contributed by atoms with E-state index in [4.69, 9.17) is 5.84 Å². The summed E-state index contributed by atoms with van der Waals surface area (Å²) in [5, 5.41) is 0. The Balaban J connectivity index is 3.94. The molecule has 0 aliphatic rings. The Kier molecular flexibility index (Phi) is 5.48. The van der Waals surface area contributed by atoms with Gasteiger partial charge in [0, 0.05) is 5.70 Å². The second kappa shape index (κ2) is 6.11. The van der Waals surface area contributed by atoms with Crippen LogP contribution in [0, 0.1) is 0 Å². The fourth-order valence-electron chi connectivity index (χ4n) is 0.524. The summed E-state index contributed by atoms with van der Waals surface area (Å²) in [6.07, 6.45) is 8.45. The zero-order valence-corrected chi connectivity index (χ0v) is 6.30. The third-order valence-corrected chi connectivity index (χ3v) is 0.997. The predicted molar refractivity (Wildman–Crippen MR) is 45.0 cm³/mol. The molecule has 0 spiro atoms. The Morgan fingerprint density at radius 1 is 1.70 bits per heavy atom. The van der Waals surface area contributed by atoms with Gasteiger partial charge >= 0.3 is 0 Å². The molecule has 2 nitrogen and oxygen atoms in total. The molecule has 0 aromatic heterocycles. The van der Waals surface area contributed by atoms with Crippen LogP contribution in [-0.2, 0) is 0 Å². The topological polar surface area (TPSA) is 38.0 Å². The molecule has 0 heterocycles. The average Bonchev–Trinajstić information content (AvgIpc) is 1.98. The van der Waals surface area contributed by atoms with Gasteiger partial charge in [0.1, 0.15) is 0 Å². The largest absolute Gasteiger partial charge is 0.324 e. The molecule has 0 unspecified atom stereocenters. The van der Waals surface area contributed by atoms with Crippen LogP contribution in [0.1, 0.15) is 13.3 Å². The molecule has 0 bridgehead atoms. The maximum Gasteiger partial charge on any atom is 0.0481 e. The summed E-state index contributed by atoms with van der Waals surface area (Å²) in [4.78, 5) is 0. The lowest BCUT2D eigenvalue weighted by atomic mass is 10.3. The van der Waals surface area contributed by atoms with Gasteiger partial charge in [0.25, 0.3) is 0 Å². The Hall–Kier alpha value is -1.02. The molecule has 0 fully saturated rings. The molecule has 0 atom stereocenters. The van der Waals surface area contributed by atoms with Crippen molar-refractivity contribution in [2.24, 2.45) is 5.84 Å². The predicted octanol–water partition coefficient (Wildman–Crippen LogP) is 1.49. The van der Waals surface area contributed by atoms with Crippen molar-refractivity contribution in [2.45, 2.75) is 13.3 Å². The van der Waals surface area contributed by atoms with Crippen molar-refractivity contribution in [1.29, 1.82) is 0 Å². The Bertz CT molecular complexity index is 145. The first-order valence-electron chi connectivity index (χ1n) is 3.31. The van der Waals surface area contributed by atoms with Crippen molar-refractivity contribution < 1.29 is 0 Å². The summed E-state index contributed by atoms with van der Waals surface area (Å²) in [6, 6.07) is 0. The number of hydrazine groups is 1. The number of hydrogen-bond acceptors (Lipinski definition) is 2. The number of hydrogen-bond donors (Lipinski definition) is 2. The van der Waals surface area contributed by atoms with Crippen LogP contribution in [0.15, 0.2) is 36.6 Å². The third kappa shape index (κ3) is 3.92. The van der Waals surface area contributed by atoms with Crippen molar-refractivity contribution in [1.82, 2.24) is 5.43 Å². The minimum absolute atomic E-state index is 0.872. The van der Waals surface area contributed by atoms with Gasteiger partial charge in [0.2, 0.25) is 0 Å². The van der Waals surface area contributed by atoms with Gasteiger partial charge < -0.3 is 5.43 Å². The second-order valence-electron chi connectivity index (χ2n) is 1.81. The van der Waals surface area contributed by atoms with Crippen molar-refractivity contribution in [3.05, 3.63) is 36.6 Å². The van der Waals surface area contributed by atoms with Crippen molar-refractivity contribution >= 4 is 0 Å². The van der Waals surface area contributed by atoms with Crippen molar-refractivity contribution in [3.8, 4) is 0 Å². The fraction of sp³-hybridized carbons (Fsp3) is 0.250. The van der Waals surface area contributed by atoms with E-state index in [0.717, 1.165) is 12.1 Å². The highest BCUT2D eigenvalue weighted by atomic mass is 15.2. The SMILES string of the molecule is C=C/C=C(\C=C/CC)NN. The second-order valence-corrected chi connectivity index (χ2v) is 1.81. The first kappa shape index (κ1) is 8.98. The van der Waals surface area contributed by atoms with E-state index in [1.165, 1.54) is 0 Å². The van der Waals surface area contributed by atoms with Crippen LogP contribution < -0.4 is 11.3 Å². The van der Waals surface area contributed by atoms with E-state index >= 15 is 0 Å². The zero-order chi connectivity index (χ0) is 7.82. The molecule has 0 saturated heterocycles. The van der Waals surface area contributed by atoms with Gasteiger partial charge in [-0.1, -0.05) is 25.7 Å². The highest BCUT2D eigenvalue weighted by molar-refractivity contribution is 5.20. The van der Waals surface area contributed by atoms with Crippen LogP contribution in [0.25, 0.3) is 0 Å². The molecule has 0 rings (SSSR count). The van der Waals surface area contributed by atoms with E-state index < -0.39 is 0 Å². The van der Waals surface area contributed by atoms with Crippen molar-refractivity contribution in [3.63, 3.8) is 0 Å². The van der Waals surface area contributed by atoms with Crippen LogP contribution >= 0.6 is 0 Å². The molecule has 0 aliphatic carbocycles. The van der Waals surface area contributed by atoms with Gasteiger partial charge in [-0.15, -0.1) is 0 Å². The molecule has 0 aliphatic heterocycles. The number of nitrogens with one attached hydrogen (secondary N) is 1. The Morgan fingerprint density at radius 2 is 2.40 bits per heavy atom. The molecule has 0 radical (unpaired) electrons. The fourth-order valence-corrected chi connectivity index (χ4v) is 0.524. The third-order valence-electron chi connectivity index (χ3n) is 0.997. The van der Waals surface area contributed by atoms with E-state index in [2.05, 4.69) is 18.9 Å². The molecule has 2 heteroatoms. The summed E-state index contributed by atoms with van der Waals surface area (Å²) < 4.78 is 0. The minimum atomic E-state index is 0.872. The average molecular weight is 138 g/mol. The van der Waals surface area contributed by atoms with Crippen LogP contribution in [0.5, 0.6) is 0 Å². The zero-order valence-electron chi connectivity index (χ0n) is 6.30. The standard InChI is InChI=1S/C8H14N2/c1-3-5-7-8(10-9)6-4-2/h4-7,10H,2-3,9H2,1H3/b7-5-,8-6+. The molecule has 10 heavy (non-hydrogen) atoms. The van der Waals surface area contributed by atoms with Gasteiger partial charge in [-0.2, -0.15) is 0 Å². The van der Waals surface area contributed by atoms with Gasteiger partial charge in [0.05, 0.1) is 0 Å². The minimum Gasteiger partial charge on any atom is -0.324 e. The number of nitrogens with two attached hydrogens (primary N) is 1. The number of allylic oxidation sites excluding steroid dienone is 4. The van der Waals surface area contributed by atoms with Gasteiger partial charge in [-0.25, -0.2) is 0 Å². The highest BCUT2D eigenvalue weighted by Gasteiger charge is 1.80. The maximum atomic E-state index is 5.18. The molecule has 0 amide bonds. The van der Waals surface area contributed by atoms with Crippen LogP contribution in [0.3, 0.4) is 0 Å². The van der Waals surface area contributed by atoms with Crippen molar-refractivity contribution in [2.75, 3.05) is 0 Å². The lowest BCUT2D eigenvalue weighted by Gasteiger charge is -1.96. The van der Waals surface area contributed by atoms with E-state index in [-0.39, 0.29) is 0 Å². The lowest BCUT2D eigenvalue weighted by Crippen LogP contribution is -2.19. The normalized spacial score (nSPS) is 12.0. The van der Waals surface area contributed by atoms with Gasteiger partial charge in [0.15, 0.2) is 0 Å². The van der Waals surface area contributed by atoms with Crippen LogP contribution in [-0.4, -0.2) is 0 Å². The van der Waals surface area contributed by atoms with E-state index in [9.17, 15) is 0 Å². The summed E-state index contributed by atoms with van der Waals surface area (Å²) in [5.74, 6) is 5.18. The monoisotopic (exact) mass is 138 g/mol. The summed E-state index contributed by atoms with van der Waals surface area (Å²) >= 11 is 0. The Labute approximate surface area is 62.1 Å². The molecular formula is C8H14N2. The summed E-state index contributed by atoms with van der Waals surface area (Å²) in [5.41, 5.74) is 3.41. The van der Waals surface area contributed by atoms with E-state index in [1.807, 2.05) is 18.2 Å². The van der Waals surface area contributed by atoms with Gasteiger partial charge in [-0.05, 0) is 18.6 Å². The number of rotatable bonds is 4. The van der Waals surface area contributed by atoms with E-state index in [0.29, 0.717) is 0 Å². The Morgan fingerprint density at radius 3 is 2.80 bits per heavy atom. The van der Waals surface area contributed by atoms with Gasteiger partial charge in [-0.3, -0.25) is 5.84 Å². The van der Waals surface area contributed by atoms with Crippen LogP contribution in [0.2, 0.25) is 0 Å². The molecule has 0 aromatic rings. The molecular weight excluding hydrogens is 124 g/mol. The quantitative estimate of drug-likeness (QED) is 0.351.